The van der Waals surface area contributed by atoms with Crippen LogP contribution < -0.4 is 0 Å². The Morgan fingerprint density at radius 1 is 0.640 bits per heavy atom. The van der Waals surface area contributed by atoms with Crippen LogP contribution in [0.2, 0.25) is 0 Å². The van der Waals surface area contributed by atoms with Gasteiger partial charge in [0.05, 0.1) is 11.9 Å². The first-order valence-corrected chi connectivity index (χ1v) is 12.2. The molecule has 0 aromatic carbocycles. The molecule has 0 rings (SSSR count). The molecular formula is C20H42O4S. The summed E-state index contributed by atoms with van der Waals surface area (Å²) >= 11 is 0. The summed E-state index contributed by atoms with van der Waals surface area (Å²) in [5.74, 6) is -0.247. The van der Waals surface area contributed by atoms with E-state index in [2.05, 4.69) is 6.92 Å². The van der Waals surface area contributed by atoms with Crippen LogP contribution in [0.25, 0.3) is 0 Å². The molecule has 2 N–H and O–H groups in total. The minimum absolute atomic E-state index is 0.247. The van der Waals surface area contributed by atoms with Gasteiger partial charge in [-0.3, -0.25) is 4.55 Å². The summed E-state index contributed by atoms with van der Waals surface area (Å²) in [6.45, 7) is 2.26. The first-order chi connectivity index (χ1) is 12.0. The molecule has 0 saturated carbocycles. The van der Waals surface area contributed by atoms with Crippen molar-refractivity contribution in [2.75, 3.05) is 5.75 Å². The summed E-state index contributed by atoms with van der Waals surface area (Å²) in [7, 11) is -3.88. The number of hydrogen-bond acceptors (Lipinski definition) is 3. The number of aliphatic hydroxyl groups is 1. The van der Waals surface area contributed by atoms with E-state index < -0.39 is 16.2 Å². The first-order valence-electron chi connectivity index (χ1n) is 10.6. The summed E-state index contributed by atoms with van der Waals surface area (Å²) in [5.41, 5.74) is 0. The number of rotatable bonds is 19. The van der Waals surface area contributed by atoms with Crippen LogP contribution in [0, 0.1) is 0 Å². The largest absolute Gasteiger partial charge is 0.393 e. The summed E-state index contributed by atoms with van der Waals surface area (Å²) in [6, 6.07) is 0. The molecule has 5 heteroatoms. The summed E-state index contributed by atoms with van der Waals surface area (Å²) < 4.78 is 29.8. The normalized spacial score (nSPS) is 13.2. The Kier molecular flexibility index (Phi) is 17.2. The SMILES string of the molecule is CCCCCCCCCCCCCCCCC(O)CCCS(=O)(=O)O. The summed E-state index contributed by atoms with van der Waals surface area (Å²) in [4.78, 5) is 0. The van der Waals surface area contributed by atoms with E-state index in [0.29, 0.717) is 12.8 Å². The maximum Gasteiger partial charge on any atom is 0.264 e. The molecule has 1 atom stereocenters. The van der Waals surface area contributed by atoms with E-state index in [4.69, 9.17) is 4.55 Å². The van der Waals surface area contributed by atoms with Crippen LogP contribution in [0.3, 0.4) is 0 Å². The Morgan fingerprint density at radius 3 is 1.40 bits per heavy atom. The smallest absolute Gasteiger partial charge is 0.264 e. The highest BCUT2D eigenvalue weighted by atomic mass is 32.2. The third-order valence-electron chi connectivity index (χ3n) is 4.83. The summed E-state index contributed by atoms with van der Waals surface area (Å²) in [5, 5.41) is 9.76. The minimum atomic E-state index is -3.88. The number of hydrogen-bond donors (Lipinski definition) is 2. The highest BCUT2D eigenvalue weighted by molar-refractivity contribution is 7.85. The lowest BCUT2D eigenvalue weighted by Gasteiger charge is -2.09. The Hall–Kier alpha value is -0.130. The van der Waals surface area contributed by atoms with Crippen LogP contribution in [-0.4, -0.2) is 29.9 Å². The van der Waals surface area contributed by atoms with Gasteiger partial charge in [-0.25, -0.2) is 0 Å². The van der Waals surface area contributed by atoms with E-state index in [1.807, 2.05) is 0 Å². The Bertz CT molecular complexity index is 368. The molecule has 0 aliphatic rings. The number of unbranched alkanes of at least 4 members (excludes halogenated alkanes) is 13. The Labute approximate surface area is 156 Å². The predicted octanol–water partition coefficient (Wildman–Crippen LogP) is 5.89. The molecule has 0 amide bonds. The lowest BCUT2D eigenvalue weighted by atomic mass is 10.0. The van der Waals surface area contributed by atoms with E-state index in [-0.39, 0.29) is 5.75 Å². The van der Waals surface area contributed by atoms with Gasteiger partial charge >= 0.3 is 0 Å². The van der Waals surface area contributed by atoms with Crippen LogP contribution in [-0.2, 0) is 10.1 Å². The molecule has 0 heterocycles. The fraction of sp³-hybridized carbons (Fsp3) is 1.00. The second-order valence-corrected chi connectivity index (χ2v) is 9.04. The van der Waals surface area contributed by atoms with E-state index in [9.17, 15) is 13.5 Å². The Morgan fingerprint density at radius 2 is 1.00 bits per heavy atom. The van der Waals surface area contributed by atoms with Crippen LogP contribution in [0.15, 0.2) is 0 Å². The van der Waals surface area contributed by atoms with Crippen molar-refractivity contribution in [2.24, 2.45) is 0 Å². The van der Waals surface area contributed by atoms with E-state index in [1.54, 1.807) is 0 Å². The topological polar surface area (TPSA) is 74.6 Å². The van der Waals surface area contributed by atoms with Crippen molar-refractivity contribution in [3.8, 4) is 0 Å². The fourth-order valence-electron chi connectivity index (χ4n) is 3.22. The van der Waals surface area contributed by atoms with Gasteiger partial charge in [0, 0.05) is 0 Å². The fourth-order valence-corrected chi connectivity index (χ4v) is 3.75. The molecular weight excluding hydrogens is 336 g/mol. The van der Waals surface area contributed by atoms with Gasteiger partial charge in [0.15, 0.2) is 0 Å². The van der Waals surface area contributed by atoms with Crippen molar-refractivity contribution in [1.82, 2.24) is 0 Å². The van der Waals surface area contributed by atoms with Gasteiger partial charge in [0.2, 0.25) is 0 Å². The van der Waals surface area contributed by atoms with E-state index in [1.165, 1.54) is 77.0 Å². The molecule has 0 fully saturated rings. The monoisotopic (exact) mass is 378 g/mol. The van der Waals surface area contributed by atoms with Gasteiger partial charge in [0.25, 0.3) is 10.1 Å². The maximum absolute atomic E-state index is 10.6. The van der Waals surface area contributed by atoms with Crippen molar-refractivity contribution in [3.63, 3.8) is 0 Å². The average Bonchev–Trinajstić information content (AvgIpc) is 2.54. The van der Waals surface area contributed by atoms with E-state index in [0.717, 1.165) is 19.3 Å². The molecule has 0 aliphatic carbocycles. The van der Waals surface area contributed by atoms with Gasteiger partial charge in [0.1, 0.15) is 0 Å². The molecule has 4 nitrogen and oxygen atoms in total. The molecule has 0 bridgehead atoms. The molecule has 152 valence electrons. The molecule has 0 radical (unpaired) electrons. The van der Waals surface area contributed by atoms with Gasteiger partial charge in [-0.15, -0.1) is 0 Å². The van der Waals surface area contributed by atoms with Gasteiger partial charge in [-0.05, 0) is 19.3 Å². The third-order valence-corrected chi connectivity index (χ3v) is 5.64. The zero-order valence-electron chi connectivity index (χ0n) is 16.4. The zero-order valence-corrected chi connectivity index (χ0v) is 17.2. The number of aliphatic hydroxyl groups excluding tert-OH is 1. The molecule has 0 aliphatic heterocycles. The van der Waals surface area contributed by atoms with Crippen molar-refractivity contribution in [2.45, 2.75) is 122 Å². The van der Waals surface area contributed by atoms with Crippen LogP contribution >= 0.6 is 0 Å². The minimum Gasteiger partial charge on any atom is -0.393 e. The summed E-state index contributed by atoms with van der Waals surface area (Å²) in [6.07, 6.45) is 19.6. The quantitative estimate of drug-likeness (QED) is 0.217. The molecule has 25 heavy (non-hydrogen) atoms. The molecule has 0 saturated heterocycles. The van der Waals surface area contributed by atoms with Gasteiger partial charge in [-0.2, -0.15) is 8.42 Å². The third kappa shape index (κ3) is 21.8. The van der Waals surface area contributed by atoms with Crippen LogP contribution in [0.4, 0.5) is 0 Å². The van der Waals surface area contributed by atoms with Gasteiger partial charge in [-0.1, -0.05) is 96.8 Å². The van der Waals surface area contributed by atoms with E-state index >= 15 is 0 Å². The average molecular weight is 379 g/mol. The lowest BCUT2D eigenvalue weighted by Crippen LogP contribution is -2.10. The van der Waals surface area contributed by atoms with Gasteiger partial charge < -0.3 is 5.11 Å². The highest BCUT2D eigenvalue weighted by Crippen LogP contribution is 2.14. The molecule has 0 aromatic heterocycles. The molecule has 0 aromatic rings. The maximum atomic E-state index is 10.6. The first kappa shape index (κ1) is 24.9. The second-order valence-electron chi connectivity index (χ2n) is 7.47. The highest BCUT2D eigenvalue weighted by Gasteiger charge is 2.08. The lowest BCUT2D eigenvalue weighted by molar-refractivity contribution is 0.150. The second kappa shape index (κ2) is 17.3. The van der Waals surface area contributed by atoms with Crippen LogP contribution in [0.5, 0.6) is 0 Å². The zero-order chi connectivity index (χ0) is 18.8. The van der Waals surface area contributed by atoms with Crippen molar-refractivity contribution >= 4 is 10.1 Å². The van der Waals surface area contributed by atoms with Crippen molar-refractivity contribution in [1.29, 1.82) is 0 Å². The predicted molar refractivity (Wildman–Crippen MR) is 107 cm³/mol. The Balaban J connectivity index is 3.18. The molecule has 1 unspecified atom stereocenters. The van der Waals surface area contributed by atoms with Crippen molar-refractivity contribution in [3.05, 3.63) is 0 Å². The standard InChI is InChI=1S/C20H42O4S/c1-2-3-4-5-6-7-8-9-10-11-12-13-14-15-17-20(21)18-16-19-25(22,23)24/h20-21H,2-19H2,1H3,(H,22,23,24). The van der Waals surface area contributed by atoms with Crippen molar-refractivity contribution < 1.29 is 18.1 Å². The molecule has 0 spiro atoms. The van der Waals surface area contributed by atoms with Crippen LogP contribution in [0.1, 0.15) is 116 Å².